The third-order valence-corrected chi connectivity index (χ3v) is 19.1. The topological polar surface area (TPSA) is 45.5 Å². The van der Waals surface area contributed by atoms with Crippen molar-refractivity contribution < 1.29 is 0 Å². The number of nitrogens with zero attached hydrogens (tertiary/aromatic N) is 6. The van der Waals surface area contributed by atoms with E-state index in [1.165, 1.54) is 76.6 Å². The van der Waals surface area contributed by atoms with Crippen LogP contribution in [0.25, 0.3) is 177 Å². The van der Waals surface area contributed by atoms with Crippen LogP contribution in [0.2, 0.25) is 0 Å². The van der Waals surface area contributed by atoms with Gasteiger partial charge < -0.3 is 18.3 Å². The molecule has 6 heteroatoms. The Balaban J connectivity index is 0.832. The van der Waals surface area contributed by atoms with Crippen molar-refractivity contribution in [3.8, 4) is 90.0 Å². The average molecular weight is 1200 g/mol. The molecule has 19 aromatic rings. The van der Waals surface area contributed by atoms with Crippen LogP contribution in [0.5, 0.6) is 0 Å². The maximum absolute atomic E-state index is 5.22. The molecule has 14 aromatic carbocycles. The zero-order chi connectivity index (χ0) is 61.8. The van der Waals surface area contributed by atoms with Gasteiger partial charge in [0.15, 0.2) is 5.82 Å². The van der Waals surface area contributed by atoms with Crippen LogP contribution in [-0.4, -0.2) is 28.2 Å². The van der Waals surface area contributed by atoms with Crippen LogP contribution in [0, 0.1) is 0 Å². The van der Waals surface area contributed by atoms with Gasteiger partial charge in [-0.15, -0.1) is 0 Å². The molecule has 0 aliphatic heterocycles. The summed E-state index contributed by atoms with van der Waals surface area (Å²) >= 11 is 0. The molecule has 0 aliphatic rings. The van der Waals surface area contributed by atoms with E-state index in [1.807, 2.05) is 24.3 Å². The fraction of sp³-hybridized carbons (Fsp3) is 0. The summed E-state index contributed by atoms with van der Waals surface area (Å²) in [5, 5.41) is 9.60. The Hall–Kier alpha value is -12.6. The van der Waals surface area contributed by atoms with Gasteiger partial charge in [-0.3, -0.25) is 0 Å². The highest BCUT2D eigenvalue weighted by molar-refractivity contribution is 6.16. The summed E-state index contributed by atoms with van der Waals surface area (Å²) in [6, 6.07) is 124. The van der Waals surface area contributed by atoms with Gasteiger partial charge in [0.25, 0.3) is 0 Å². The van der Waals surface area contributed by atoms with Gasteiger partial charge in [0.1, 0.15) is 0 Å². The van der Waals surface area contributed by atoms with Crippen LogP contribution in [-0.2, 0) is 0 Å². The second-order valence-corrected chi connectivity index (χ2v) is 24.5. The Labute approximate surface area is 542 Å². The number of aromatic nitrogens is 6. The molecule has 5 aromatic heterocycles. The maximum atomic E-state index is 5.22. The van der Waals surface area contributed by atoms with E-state index in [0.717, 1.165) is 94.8 Å². The second kappa shape index (κ2) is 21.5. The molecule has 0 unspecified atom stereocenters. The van der Waals surface area contributed by atoms with Gasteiger partial charge >= 0.3 is 0 Å². The summed E-state index contributed by atoms with van der Waals surface area (Å²) in [5.74, 6) is 0.690. The molecule has 0 atom stereocenters. The summed E-state index contributed by atoms with van der Waals surface area (Å²) in [5.41, 5.74) is 25.3. The smallest absolute Gasteiger partial charge is 0.160 e. The predicted molar refractivity (Wildman–Crippen MR) is 392 cm³/mol. The molecule has 0 saturated heterocycles. The van der Waals surface area contributed by atoms with Crippen molar-refractivity contribution >= 4 is 87.2 Å². The molecular formula is C88H56N6. The van der Waals surface area contributed by atoms with Gasteiger partial charge in [-0.05, 0) is 161 Å². The molecule has 0 bridgehead atoms. The van der Waals surface area contributed by atoms with E-state index >= 15 is 0 Å². The van der Waals surface area contributed by atoms with Crippen LogP contribution in [0.4, 0.5) is 0 Å². The van der Waals surface area contributed by atoms with Crippen molar-refractivity contribution in [2.24, 2.45) is 0 Å². The maximum Gasteiger partial charge on any atom is 0.160 e. The quantitative estimate of drug-likeness (QED) is 0.137. The molecule has 0 aliphatic carbocycles. The summed E-state index contributed by atoms with van der Waals surface area (Å²) in [4.78, 5) is 10.3. The Morgan fingerprint density at radius 2 is 0.436 bits per heavy atom. The highest BCUT2D eigenvalue weighted by Gasteiger charge is 2.22. The lowest BCUT2D eigenvalue weighted by molar-refractivity contribution is 1.15. The molecule has 0 spiro atoms. The lowest BCUT2D eigenvalue weighted by Gasteiger charge is -2.13. The Bertz CT molecular complexity index is 5800. The van der Waals surface area contributed by atoms with Crippen molar-refractivity contribution in [3.05, 3.63) is 340 Å². The minimum absolute atomic E-state index is 0.690. The van der Waals surface area contributed by atoms with E-state index in [4.69, 9.17) is 9.97 Å². The van der Waals surface area contributed by atoms with E-state index in [-0.39, 0.29) is 0 Å². The number of para-hydroxylation sites is 4. The molecule has 94 heavy (non-hydrogen) atoms. The van der Waals surface area contributed by atoms with Crippen LogP contribution < -0.4 is 0 Å². The van der Waals surface area contributed by atoms with Crippen molar-refractivity contribution in [2.45, 2.75) is 0 Å². The molecule has 0 fully saturated rings. The van der Waals surface area contributed by atoms with Gasteiger partial charge in [-0.1, -0.05) is 212 Å². The lowest BCUT2D eigenvalue weighted by Crippen LogP contribution is -1.98. The van der Waals surface area contributed by atoms with Crippen molar-refractivity contribution in [3.63, 3.8) is 0 Å². The first kappa shape index (κ1) is 53.2. The average Bonchev–Trinajstić information content (AvgIpc) is 1.57. The largest absolute Gasteiger partial charge is 0.309 e. The number of fused-ring (bicyclic) bond motifs is 12. The third-order valence-electron chi connectivity index (χ3n) is 19.1. The molecule has 5 heterocycles. The fourth-order valence-corrected chi connectivity index (χ4v) is 14.8. The summed E-state index contributed by atoms with van der Waals surface area (Å²) in [6.07, 6.45) is 0. The molecule has 0 saturated carbocycles. The van der Waals surface area contributed by atoms with E-state index in [9.17, 15) is 0 Å². The van der Waals surface area contributed by atoms with Gasteiger partial charge in [0, 0.05) is 82.5 Å². The van der Waals surface area contributed by atoms with E-state index in [2.05, 4.69) is 334 Å². The molecular weight excluding hydrogens is 1140 g/mol. The Morgan fingerprint density at radius 1 is 0.160 bits per heavy atom. The molecule has 19 rings (SSSR count). The molecule has 438 valence electrons. The lowest BCUT2D eigenvalue weighted by atomic mass is 9.93. The first-order valence-electron chi connectivity index (χ1n) is 32.1. The van der Waals surface area contributed by atoms with Crippen LogP contribution >= 0.6 is 0 Å². The standard InChI is InChI=1S/C88H56N6/c1-5-21-57(22-6-1)63-49-64(58-23-7-2-8-24-58)51-65(50-63)62-39-45-84-74(52-62)75-53-69(42-46-85(75)91(84)66-40-37-60(38-41-66)79-56-78(59-25-9-3-10-26-59)89-88(90-79)61-27-11-4-12-28-61)94-86-47-43-67(92-80-33-17-13-29-70(80)71-30-14-18-34-81(71)92)54-76(86)77-55-68(44-48-87(77)94)93-82-35-19-15-31-72(82)73-32-16-20-36-83(73)93/h1-56H. The van der Waals surface area contributed by atoms with Crippen molar-refractivity contribution in [1.29, 1.82) is 0 Å². The van der Waals surface area contributed by atoms with Crippen molar-refractivity contribution in [2.75, 3.05) is 0 Å². The van der Waals surface area contributed by atoms with Gasteiger partial charge in [0.05, 0.1) is 55.5 Å². The van der Waals surface area contributed by atoms with E-state index < -0.39 is 0 Å². The van der Waals surface area contributed by atoms with Gasteiger partial charge in [-0.25, -0.2) is 9.97 Å². The summed E-state index contributed by atoms with van der Waals surface area (Å²) in [7, 11) is 0. The van der Waals surface area contributed by atoms with E-state index in [1.54, 1.807) is 0 Å². The van der Waals surface area contributed by atoms with Gasteiger partial charge in [0.2, 0.25) is 0 Å². The second-order valence-electron chi connectivity index (χ2n) is 24.5. The number of rotatable bonds is 10. The van der Waals surface area contributed by atoms with Crippen LogP contribution in [0.3, 0.4) is 0 Å². The predicted octanol–water partition coefficient (Wildman–Crippen LogP) is 22.9. The number of hydrogen-bond donors (Lipinski definition) is 0. The molecule has 6 nitrogen and oxygen atoms in total. The van der Waals surface area contributed by atoms with Crippen molar-refractivity contribution in [1.82, 2.24) is 28.2 Å². The first-order chi connectivity index (χ1) is 46.6. The highest BCUT2D eigenvalue weighted by Crippen LogP contribution is 2.44. The van der Waals surface area contributed by atoms with Crippen LogP contribution in [0.1, 0.15) is 0 Å². The summed E-state index contributed by atoms with van der Waals surface area (Å²) in [6.45, 7) is 0. The molecule has 0 N–H and O–H groups in total. The SMILES string of the molecule is c1ccc(-c2cc(-c3ccccc3)cc(-c3ccc4c(c3)c3cc(-n5c6ccc(-n7c8ccccc8c8ccccc87)cc6c6cc(-n7c8ccccc8c8ccccc87)ccc65)ccc3n4-c3ccc(-c4cc(-c5ccccc5)nc(-c5ccccc5)n4)cc3)c2)cc1. The zero-order valence-corrected chi connectivity index (χ0v) is 51.0. The first-order valence-corrected chi connectivity index (χ1v) is 32.1. The van der Waals surface area contributed by atoms with Crippen LogP contribution in [0.15, 0.2) is 340 Å². The minimum Gasteiger partial charge on any atom is -0.309 e. The summed E-state index contributed by atoms with van der Waals surface area (Å²) < 4.78 is 9.79. The number of hydrogen-bond acceptors (Lipinski definition) is 2. The molecule has 0 radical (unpaired) electrons. The Kier molecular flexibility index (Phi) is 12.2. The zero-order valence-electron chi connectivity index (χ0n) is 51.0. The fourth-order valence-electron chi connectivity index (χ4n) is 14.8. The normalized spacial score (nSPS) is 11.8. The van der Waals surface area contributed by atoms with Gasteiger partial charge in [-0.2, -0.15) is 0 Å². The number of benzene rings is 14. The highest BCUT2D eigenvalue weighted by atomic mass is 15.0. The Morgan fingerprint density at radius 3 is 0.840 bits per heavy atom. The van der Waals surface area contributed by atoms with E-state index in [0.29, 0.717) is 5.82 Å². The minimum atomic E-state index is 0.690. The third kappa shape index (κ3) is 8.65. The monoisotopic (exact) mass is 1200 g/mol. The molecule has 0 amide bonds.